The molecule has 0 fully saturated rings. The summed E-state index contributed by atoms with van der Waals surface area (Å²) in [6, 6.07) is 5.99. The predicted molar refractivity (Wildman–Crippen MR) is 46.9 cm³/mol. The van der Waals surface area contributed by atoms with Gasteiger partial charge in [-0.25, -0.2) is 9.59 Å². The van der Waals surface area contributed by atoms with Crippen LogP contribution in [0.4, 0.5) is 0 Å². The molecule has 2 heterocycles. The van der Waals surface area contributed by atoms with E-state index in [0.29, 0.717) is 11.1 Å². The van der Waals surface area contributed by atoms with Gasteiger partial charge in [-0.05, 0) is 24.3 Å². The Morgan fingerprint density at radius 3 is 2.14 bits per heavy atom. The molecule has 14 heavy (non-hydrogen) atoms. The van der Waals surface area contributed by atoms with Crippen LogP contribution in [0.1, 0.15) is 20.7 Å². The lowest BCUT2D eigenvalue weighted by molar-refractivity contribution is -0.159. The third kappa shape index (κ3) is 1.65. The van der Waals surface area contributed by atoms with Crippen molar-refractivity contribution in [1.82, 2.24) is 0 Å². The van der Waals surface area contributed by atoms with Crippen molar-refractivity contribution in [2.45, 2.75) is 0 Å². The molecule has 6 heteroatoms. The second-order valence-corrected chi connectivity index (χ2v) is 3.38. The molecule has 0 aliphatic carbocycles. The molecule has 0 saturated heterocycles. The topological polar surface area (TPSA) is 61.8 Å². The van der Waals surface area contributed by atoms with Gasteiger partial charge in [0.05, 0.1) is 11.1 Å². The van der Waals surface area contributed by atoms with E-state index in [4.69, 9.17) is 4.43 Å². The van der Waals surface area contributed by atoms with E-state index in [1.807, 2.05) is 0 Å². The highest BCUT2D eigenvalue weighted by molar-refractivity contribution is 6.23. The molecule has 2 bridgehead atoms. The highest BCUT2D eigenvalue weighted by Gasteiger charge is 2.14. The number of hydrogen-bond donors (Lipinski definition) is 0. The zero-order valence-corrected chi connectivity index (χ0v) is 8.47. The molecule has 0 amide bonds. The molecule has 0 N–H and O–H groups in total. The van der Waals surface area contributed by atoms with Gasteiger partial charge >= 0.3 is 21.9 Å². The summed E-state index contributed by atoms with van der Waals surface area (Å²) in [4.78, 5) is 26.8. The van der Waals surface area contributed by atoms with E-state index >= 15 is 0 Å². The highest BCUT2D eigenvalue weighted by atomic mass is 28.3. The number of hydrogen-bond acceptors (Lipinski definition) is 5. The molecule has 0 saturated carbocycles. The summed E-state index contributed by atoms with van der Waals surface area (Å²) in [6.45, 7) is 0. The number of fused-ring (bicyclic) bond motifs is 7. The van der Waals surface area contributed by atoms with Crippen molar-refractivity contribution in [3.05, 3.63) is 35.4 Å². The van der Waals surface area contributed by atoms with E-state index in [2.05, 4.69) is 9.46 Å². The third-order valence-electron chi connectivity index (χ3n) is 1.73. The lowest BCUT2D eigenvalue weighted by Crippen LogP contribution is -2.17. The molecule has 0 radical (unpaired) electrons. The van der Waals surface area contributed by atoms with Gasteiger partial charge in [-0.2, -0.15) is 4.58 Å². The molecule has 2 aliphatic rings. The molecule has 1 aromatic carbocycles. The molecule has 1 aromatic rings. The maximum atomic E-state index is 11.2. The van der Waals surface area contributed by atoms with Crippen LogP contribution in [0.25, 0.3) is 0 Å². The first-order valence-electron chi connectivity index (χ1n) is 3.88. The van der Waals surface area contributed by atoms with Crippen LogP contribution in [-0.4, -0.2) is 21.9 Å². The zero-order valence-electron chi connectivity index (χ0n) is 7.06. The van der Waals surface area contributed by atoms with Crippen molar-refractivity contribution in [3.8, 4) is 0 Å². The fourth-order valence-corrected chi connectivity index (χ4v) is 1.51. The number of rotatable bonds is 0. The summed E-state index contributed by atoms with van der Waals surface area (Å²) in [5, 5.41) is 0. The summed E-state index contributed by atoms with van der Waals surface area (Å²) in [5.41, 5.74) is 0.747. The Labute approximate surface area is 81.6 Å². The summed E-state index contributed by atoms with van der Waals surface area (Å²) >= 11 is 0. The first kappa shape index (κ1) is 8.91. The van der Waals surface area contributed by atoms with E-state index in [-0.39, 0.29) is 0 Å². The van der Waals surface area contributed by atoms with E-state index in [0.717, 1.165) is 0 Å². The van der Waals surface area contributed by atoms with Crippen LogP contribution >= 0.6 is 0 Å². The van der Waals surface area contributed by atoms with Gasteiger partial charge in [0.15, 0.2) is 0 Å². The van der Waals surface area contributed by atoms with Crippen LogP contribution in [0.15, 0.2) is 24.3 Å². The Kier molecular flexibility index (Phi) is 2.29. The maximum Gasteiger partial charge on any atom is 0.418 e. The smallest absolute Gasteiger partial charge is 0.418 e. The summed E-state index contributed by atoms with van der Waals surface area (Å²) < 4.78 is 9.24. The Morgan fingerprint density at radius 1 is 0.929 bits per heavy atom. The summed E-state index contributed by atoms with van der Waals surface area (Å²) in [5.74, 6) is -1.04. The molecular weight excluding hydrogens is 204 g/mol. The average molecular weight is 210 g/mol. The molecule has 0 spiro atoms. The number of benzene rings is 1. The minimum Gasteiger partial charge on any atom is -0.492 e. The Morgan fingerprint density at radius 2 is 1.50 bits per heavy atom. The van der Waals surface area contributed by atoms with Crippen LogP contribution in [-0.2, 0) is 13.9 Å². The van der Waals surface area contributed by atoms with Crippen molar-refractivity contribution < 1.29 is 23.5 Å². The van der Waals surface area contributed by atoms with Gasteiger partial charge in [0.1, 0.15) is 0 Å². The molecule has 2 aliphatic heterocycles. The first-order valence-corrected chi connectivity index (χ1v) is 5.04. The monoisotopic (exact) mass is 210 g/mol. The van der Waals surface area contributed by atoms with E-state index in [1.54, 1.807) is 0 Å². The Balaban J connectivity index is 2.39. The van der Waals surface area contributed by atoms with Crippen LogP contribution in [0.3, 0.4) is 0 Å². The van der Waals surface area contributed by atoms with E-state index in [1.165, 1.54) is 24.3 Å². The maximum absolute atomic E-state index is 11.2. The van der Waals surface area contributed by atoms with E-state index < -0.39 is 21.9 Å². The third-order valence-corrected chi connectivity index (χ3v) is 2.32. The predicted octanol–water partition coefficient (Wildman–Crippen LogP) is -0.0558. The fourth-order valence-electron chi connectivity index (χ4n) is 1.03. The van der Waals surface area contributed by atoms with Gasteiger partial charge in [0.25, 0.3) is 0 Å². The van der Waals surface area contributed by atoms with Gasteiger partial charge in [0.2, 0.25) is 0 Å². The van der Waals surface area contributed by atoms with Crippen LogP contribution in [0.5, 0.6) is 0 Å². The summed E-state index contributed by atoms with van der Waals surface area (Å²) in [7, 11) is -1.58. The minimum absolute atomic E-state index is 0.345. The van der Waals surface area contributed by atoms with Crippen molar-refractivity contribution >= 4 is 21.9 Å². The number of carbonyl (C=O) groups is 2. The summed E-state index contributed by atoms with van der Waals surface area (Å²) in [6.07, 6.45) is 0. The van der Waals surface area contributed by atoms with Crippen LogP contribution in [0.2, 0.25) is 0 Å². The van der Waals surface area contributed by atoms with E-state index in [9.17, 15) is 9.59 Å². The average Bonchev–Trinajstić information content (AvgIpc) is 2.23. The number of carbonyl (C=O) groups excluding carboxylic acids is 2. The second-order valence-electron chi connectivity index (χ2n) is 2.62. The highest BCUT2D eigenvalue weighted by Crippen LogP contribution is 2.09. The molecule has 5 nitrogen and oxygen atoms in total. The van der Waals surface area contributed by atoms with Gasteiger partial charge in [-0.1, -0.05) is 0 Å². The van der Waals surface area contributed by atoms with Crippen molar-refractivity contribution in [3.63, 3.8) is 0 Å². The standard InChI is InChI=1S/C8H6O5Si/c9-7-5-1-3-6(4-2-5)8(10)12-14-13-11-7/h1-4H,14H2. The molecule has 0 atom stereocenters. The normalized spacial score (nSPS) is 17.7. The molecule has 0 aromatic heterocycles. The Hall–Kier alpha value is -1.66. The van der Waals surface area contributed by atoms with Gasteiger partial charge in [0, 0.05) is 0 Å². The lowest BCUT2D eigenvalue weighted by Gasteiger charge is -2.08. The van der Waals surface area contributed by atoms with Gasteiger partial charge in [-0.3, -0.25) is 0 Å². The molecule has 72 valence electrons. The second kappa shape index (κ2) is 3.60. The minimum atomic E-state index is -1.58. The fraction of sp³-hybridized carbons (Fsp3) is 0. The molecule has 0 unspecified atom stereocenters. The molecular formula is C8H6O5Si. The zero-order chi connectivity index (χ0) is 9.97. The molecule has 3 rings (SSSR count). The SMILES string of the molecule is O=C1OO[SiH2]OC(=O)c2ccc1cc2. The van der Waals surface area contributed by atoms with Gasteiger partial charge < -0.3 is 9.31 Å². The van der Waals surface area contributed by atoms with Gasteiger partial charge in [-0.15, -0.1) is 0 Å². The van der Waals surface area contributed by atoms with Crippen molar-refractivity contribution in [1.29, 1.82) is 0 Å². The lowest BCUT2D eigenvalue weighted by atomic mass is 10.1. The Bertz CT molecular complexity index is 335. The van der Waals surface area contributed by atoms with Crippen LogP contribution in [0, 0.1) is 0 Å². The largest absolute Gasteiger partial charge is 0.492 e. The quantitative estimate of drug-likeness (QED) is 0.443. The van der Waals surface area contributed by atoms with Crippen LogP contribution < -0.4 is 0 Å². The first-order chi connectivity index (χ1) is 6.77. The van der Waals surface area contributed by atoms with Crippen molar-refractivity contribution in [2.24, 2.45) is 0 Å². The van der Waals surface area contributed by atoms with Crippen molar-refractivity contribution in [2.75, 3.05) is 0 Å².